The van der Waals surface area contributed by atoms with Gasteiger partial charge in [0, 0.05) is 18.7 Å². The van der Waals surface area contributed by atoms with Gasteiger partial charge in [0.2, 0.25) is 0 Å². The predicted octanol–water partition coefficient (Wildman–Crippen LogP) is 3.72. The number of urea groups is 1. The third-order valence-corrected chi connectivity index (χ3v) is 7.15. The summed E-state index contributed by atoms with van der Waals surface area (Å²) >= 11 is 6.19. The van der Waals surface area contributed by atoms with Crippen LogP contribution in [-0.4, -0.2) is 60.5 Å². The average molecular weight is 486 g/mol. The topological polar surface area (TPSA) is 88.2 Å². The lowest BCUT2D eigenvalue weighted by molar-refractivity contribution is -0.133. The fourth-order valence-electron chi connectivity index (χ4n) is 4.85. The summed E-state index contributed by atoms with van der Waals surface area (Å²) in [6, 6.07) is 11.9. The number of hydrogen-bond acceptors (Lipinski definition) is 5. The predicted molar refractivity (Wildman–Crippen MR) is 127 cm³/mol. The lowest BCUT2D eigenvalue weighted by Gasteiger charge is -2.39. The number of carbonyl (C=O) groups excluding carboxylic acids is 3. The molecule has 2 saturated heterocycles. The molecule has 0 aromatic heterocycles. The van der Waals surface area contributed by atoms with Gasteiger partial charge in [0.15, 0.2) is 11.5 Å². The van der Waals surface area contributed by atoms with Gasteiger partial charge in [0.1, 0.15) is 5.54 Å². The number of rotatable bonds is 6. The highest BCUT2D eigenvalue weighted by Crippen LogP contribution is 2.37. The van der Waals surface area contributed by atoms with Crippen molar-refractivity contribution in [3.05, 3.63) is 58.6 Å². The molecule has 8 nitrogen and oxygen atoms in total. The molecule has 2 aromatic carbocycles. The zero-order chi connectivity index (χ0) is 24.5. The van der Waals surface area contributed by atoms with Crippen molar-refractivity contribution in [2.75, 3.05) is 27.3 Å². The number of ether oxygens (including phenoxy) is 2. The molecule has 2 aliphatic heterocycles. The third-order valence-electron chi connectivity index (χ3n) is 6.82. The number of carbonyl (C=O) groups is 3. The molecule has 2 aromatic rings. The molecule has 2 fully saturated rings. The number of nitrogens with one attached hydrogen (secondary N) is 1. The Labute approximate surface area is 203 Å². The van der Waals surface area contributed by atoms with Gasteiger partial charge in [0.25, 0.3) is 11.8 Å². The Hall–Kier alpha value is -3.26. The number of piperidine rings is 1. The SMILES string of the molecule is COc1cccc(CN2C(=O)N[C@@](C)(C3CCN(C(=O)c4ccccc4Cl)CC3)C2=O)c1OC. The van der Waals surface area contributed by atoms with Gasteiger partial charge >= 0.3 is 6.03 Å². The van der Waals surface area contributed by atoms with E-state index in [1.54, 1.807) is 54.3 Å². The average Bonchev–Trinajstić information content (AvgIpc) is 3.07. The van der Waals surface area contributed by atoms with E-state index in [0.717, 1.165) is 0 Å². The second-order valence-corrected chi connectivity index (χ2v) is 9.13. The molecule has 9 heteroatoms. The number of amides is 4. The van der Waals surface area contributed by atoms with E-state index in [1.165, 1.54) is 19.1 Å². The smallest absolute Gasteiger partial charge is 0.325 e. The molecule has 0 spiro atoms. The summed E-state index contributed by atoms with van der Waals surface area (Å²) in [5.74, 6) is 0.522. The van der Waals surface area contributed by atoms with Crippen LogP contribution in [0.3, 0.4) is 0 Å². The van der Waals surface area contributed by atoms with Crippen LogP contribution in [-0.2, 0) is 11.3 Å². The Bertz CT molecular complexity index is 1120. The van der Waals surface area contributed by atoms with Gasteiger partial charge in [-0.2, -0.15) is 0 Å². The van der Waals surface area contributed by atoms with Crippen molar-refractivity contribution in [2.24, 2.45) is 5.92 Å². The van der Waals surface area contributed by atoms with Crippen LogP contribution >= 0.6 is 11.6 Å². The zero-order valence-electron chi connectivity index (χ0n) is 19.5. The number of para-hydroxylation sites is 1. The Kier molecular flexibility index (Phi) is 6.70. The van der Waals surface area contributed by atoms with Crippen LogP contribution in [0.15, 0.2) is 42.5 Å². The summed E-state index contributed by atoms with van der Waals surface area (Å²) in [4.78, 5) is 42.1. The van der Waals surface area contributed by atoms with E-state index in [-0.39, 0.29) is 24.3 Å². The zero-order valence-corrected chi connectivity index (χ0v) is 20.2. The molecule has 180 valence electrons. The minimum Gasteiger partial charge on any atom is -0.493 e. The second-order valence-electron chi connectivity index (χ2n) is 8.72. The highest BCUT2D eigenvalue weighted by molar-refractivity contribution is 6.33. The highest BCUT2D eigenvalue weighted by atomic mass is 35.5. The van der Waals surface area contributed by atoms with Gasteiger partial charge in [-0.1, -0.05) is 35.9 Å². The first kappa shape index (κ1) is 23.9. The standard InChI is InChI=1S/C25H28ClN3O5/c1-25(17-11-13-28(14-12-17)22(30)18-8-4-5-9-19(18)26)23(31)29(24(32)27-25)15-16-7-6-10-20(33-2)21(16)34-3/h4-10,17H,11-15H2,1-3H3,(H,27,32)/t25-/m0/s1. The summed E-state index contributed by atoms with van der Waals surface area (Å²) in [5, 5.41) is 3.33. The number of benzene rings is 2. The molecule has 34 heavy (non-hydrogen) atoms. The van der Waals surface area contributed by atoms with Crippen LogP contribution in [0, 0.1) is 5.92 Å². The van der Waals surface area contributed by atoms with Gasteiger partial charge in [-0.3, -0.25) is 14.5 Å². The van der Waals surface area contributed by atoms with Crippen molar-refractivity contribution in [1.82, 2.24) is 15.1 Å². The Morgan fingerprint density at radius 2 is 1.79 bits per heavy atom. The van der Waals surface area contributed by atoms with Crippen LogP contribution in [0.4, 0.5) is 4.79 Å². The van der Waals surface area contributed by atoms with Crippen LogP contribution in [0.2, 0.25) is 5.02 Å². The fraction of sp³-hybridized carbons (Fsp3) is 0.400. The van der Waals surface area contributed by atoms with Crippen molar-refractivity contribution < 1.29 is 23.9 Å². The maximum Gasteiger partial charge on any atom is 0.325 e. The Morgan fingerprint density at radius 1 is 1.09 bits per heavy atom. The second kappa shape index (κ2) is 9.54. The minimum atomic E-state index is -1.04. The molecule has 4 rings (SSSR count). The molecule has 2 aliphatic rings. The van der Waals surface area contributed by atoms with Crippen LogP contribution in [0.25, 0.3) is 0 Å². The third kappa shape index (κ3) is 4.18. The molecule has 4 amide bonds. The fourth-order valence-corrected chi connectivity index (χ4v) is 5.07. The van der Waals surface area contributed by atoms with Gasteiger partial charge in [-0.05, 0) is 43.9 Å². The number of halogens is 1. The van der Waals surface area contributed by atoms with Gasteiger partial charge in [-0.15, -0.1) is 0 Å². The number of methoxy groups -OCH3 is 2. The molecule has 1 N–H and O–H groups in total. The Morgan fingerprint density at radius 3 is 2.44 bits per heavy atom. The quantitative estimate of drug-likeness (QED) is 0.630. The summed E-state index contributed by atoms with van der Waals surface area (Å²) in [6.45, 7) is 2.81. The van der Waals surface area contributed by atoms with E-state index in [0.29, 0.717) is 53.6 Å². The van der Waals surface area contributed by atoms with Crippen LogP contribution in [0.1, 0.15) is 35.7 Å². The first-order valence-corrected chi connectivity index (χ1v) is 11.6. The molecule has 0 aliphatic carbocycles. The van der Waals surface area contributed by atoms with E-state index < -0.39 is 11.6 Å². The maximum atomic E-state index is 13.4. The van der Waals surface area contributed by atoms with Crippen molar-refractivity contribution in [3.63, 3.8) is 0 Å². The number of likely N-dealkylation sites (tertiary alicyclic amines) is 1. The molecule has 2 heterocycles. The van der Waals surface area contributed by atoms with Crippen molar-refractivity contribution in [1.29, 1.82) is 0 Å². The number of hydrogen-bond donors (Lipinski definition) is 1. The maximum absolute atomic E-state index is 13.4. The van der Waals surface area contributed by atoms with Gasteiger partial charge in [0.05, 0.1) is 31.4 Å². The normalized spacial score (nSPS) is 20.9. The van der Waals surface area contributed by atoms with Crippen LogP contribution in [0.5, 0.6) is 11.5 Å². The van der Waals surface area contributed by atoms with E-state index in [2.05, 4.69) is 5.32 Å². The van der Waals surface area contributed by atoms with E-state index in [4.69, 9.17) is 21.1 Å². The lowest BCUT2D eigenvalue weighted by Crippen LogP contribution is -2.54. The summed E-state index contributed by atoms with van der Waals surface area (Å²) in [6.07, 6.45) is 1.18. The summed E-state index contributed by atoms with van der Waals surface area (Å²) in [7, 11) is 3.06. The lowest BCUT2D eigenvalue weighted by atomic mass is 9.78. The molecular weight excluding hydrogens is 458 g/mol. The first-order chi connectivity index (χ1) is 16.3. The molecule has 1 atom stereocenters. The molecule has 0 radical (unpaired) electrons. The molecule has 0 unspecified atom stereocenters. The Balaban J connectivity index is 1.46. The molecular formula is C25H28ClN3O5. The monoisotopic (exact) mass is 485 g/mol. The van der Waals surface area contributed by atoms with E-state index >= 15 is 0 Å². The van der Waals surface area contributed by atoms with Crippen LogP contribution < -0.4 is 14.8 Å². The van der Waals surface area contributed by atoms with Crippen molar-refractivity contribution >= 4 is 29.4 Å². The summed E-state index contributed by atoms with van der Waals surface area (Å²) < 4.78 is 10.8. The van der Waals surface area contributed by atoms with Gasteiger partial charge in [-0.25, -0.2) is 4.79 Å². The van der Waals surface area contributed by atoms with E-state index in [1.807, 2.05) is 0 Å². The molecule has 0 saturated carbocycles. The first-order valence-electron chi connectivity index (χ1n) is 11.2. The number of nitrogens with zero attached hydrogens (tertiary/aromatic N) is 2. The number of imide groups is 1. The largest absolute Gasteiger partial charge is 0.493 e. The van der Waals surface area contributed by atoms with Crippen molar-refractivity contribution in [2.45, 2.75) is 31.8 Å². The van der Waals surface area contributed by atoms with Gasteiger partial charge < -0.3 is 19.7 Å². The van der Waals surface area contributed by atoms with E-state index in [9.17, 15) is 14.4 Å². The molecule has 0 bridgehead atoms. The summed E-state index contributed by atoms with van der Waals surface area (Å²) in [5.41, 5.74) is 0.107. The highest BCUT2D eigenvalue weighted by Gasteiger charge is 2.53. The van der Waals surface area contributed by atoms with Crippen molar-refractivity contribution in [3.8, 4) is 11.5 Å². The minimum absolute atomic E-state index is 0.0739.